The Balaban J connectivity index is 3.41. The van der Waals surface area contributed by atoms with Crippen molar-refractivity contribution in [2.75, 3.05) is 13.2 Å². The van der Waals surface area contributed by atoms with Crippen LogP contribution < -0.4 is 5.32 Å². The first-order valence-electron chi connectivity index (χ1n) is 28.6. The lowest BCUT2D eigenvalue weighted by molar-refractivity contribution is -0.143. The minimum Gasteiger partial charge on any atom is -0.466 e. The number of rotatable bonds is 53. The Labute approximate surface area is 399 Å². The lowest BCUT2D eigenvalue weighted by atomic mass is 10.0. The maximum Gasteiger partial charge on any atom is 0.305 e. The third kappa shape index (κ3) is 49.8. The fourth-order valence-corrected chi connectivity index (χ4v) is 8.81. The van der Waals surface area contributed by atoms with Gasteiger partial charge in [0.2, 0.25) is 5.91 Å². The van der Waals surface area contributed by atoms with Crippen molar-refractivity contribution in [3.63, 3.8) is 0 Å². The summed E-state index contributed by atoms with van der Waals surface area (Å²) in [5, 5.41) is 23.1. The number of hydrogen-bond acceptors (Lipinski definition) is 5. The molecule has 0 spiro atoms. The molecule has 2 atom stereocenters. The summed E-state index contributed by atoms with van der Waals surface area (Å²) in [6.45, 7) is 4.89. The van der Waals surface area contributed by atoms with Crippen molar-refractivity contribution in [2.24, 2.45) is 0 Å². The highest BCUT2D eigenvalue weighted by molar-refractivity contribution is 5.76. The highest BCUT2D eigenvalue weighted by Crippen LogP contribution is 2.17. The largest absolute Gasteiger partial charge is 0.466 e. The van der Waals surface area contributed by atoms with Gasteiger partial charge in [-0.1, -0.05) is 263 Å². The van der Waals surface area contributed by atoms with Crippen LogP contribution in [0.1, 0.15) is 309 Å². The SMILES string of the molecule is CCCCCCC/C=C\CCCCCCCC(=O)OCCCCCCCCCCCCCCCCCCCCCCC(=O)NC(CO)C(O)/C=C/CCCCCCCCCCCCC. The molecule has 0 fully saturated rings. The molecule has 0 aliphatic heterocycles. The summed E-state index contributed by atoms with van der Waals surface area (Å²) in [7, 11) is 0. The highest BCUT2D eigenvalue weighted by atomic mass is 16.5. The second kappa shape index (κ2) is 54.0. The van der Waals surface area contributed by atoms with Crippen LogP contribution in [0.15, 0.2) is 24.3 Å². The lowest BCUT2D eigenvalue weighted by Crippen LogP contribution is -2.45. The molecular weight excluding hydrogens is 791 g/mol. The van der Waals surface area contributed by atoms with E-state index < -0.39 is 12.1 Å². The van der Waals surface area contributed by atoms with Gasteiger partial charge in [0.25, 0.3) is 0 Å². The predicted octanol–water partition coefficient (Wildman–Crippen LogP) is 17.5. The summed E-state index contributed by atoms with van der Waals surface area (Å²) in [6.07, 6.45) is 64.8. The average Bonchev–Trinajstić information content (AvgIpc) is 3.29. The number of allylic oxidation sites excluding steroid dienone is 3. The molecule has 6 heteroatoms. The Morgan fingerprint density at radius 2 is 0.734 bits per heavy atom. The molecule has 0 radical (unpaired) electrons. The van der Waals surface area contributed by atoms with Gasteiger partial charge in [0.05, 0.1) is 25.4 Å². The average molecular weight is 903 g/mol. The Morgan fingerprint density at radius 1 is 0.422 bits per heavy atom. The summed E-state index contributed by atoms with van der Waals surface area (Å²) >= 11 is 0. The molecule has 0 saturated carbocycles. The van der Waals surface area contributed by atoms with Gasteiger partial charge in [0.1, 0.15) is 0 Å². The number of carbonyl (C=O) groups excluding carboxylic acids is 2. The molecule has 0 aromatic carbocycles. The van der Waals surface area contributed by atoms with Gasteiger partial charge in [-0.05, 0) is 57.8 Å². The van der Waals surface area contributed by atoms with E-state index in [4.69, 9.17) is 4.74 Å². The van der Waals surface area contributed by atoms with Gasteiger partial charge in [-0.15, -0.1) is 0 Å². The number of hydrogen-bond donors (Lipinski definition) is 3. The summed E-state index contributed by atoms with van der Waals surface area (Å²) in [6, 6.07) is -0.628. The van der Waals surface area contributed by atoms with Crippen molar-refractivity contribution in [3.8, 4) is 0 Å². The zero-order valence-corrected chi connectivity index (χ0v) is 43.0. The quantitative estimate of drug-likeness (QED) is 0.0321. The summed E-state index contributed by atoms with van der Waals surface area (Å²) in [5.74, 6) is -0.0683. The van der Waals surface area contributed by atoms with E-state index in [-0.39, 0.29) is 18.5 Å². The standard InChI is InChI=1S/C58H111NO5/c1-3-5-7-9-11-13-15-17-28-32-36-40-44-48-52-58(63)64-53-49-45-41-37-33-29-25-23-21-19-18-20-22-24-27-31-35-39-43-47-51-57(62)59-55(54-60)56(61)50-46-42-38-34-30-26-16-14-12-10-8-6-4-2/h15,17,46,50,55-56,60-61H,3-14,16,18-45,47-49,51-54H2,1-2H3,(H,59,62)/b17-15-,50-46+. The van der Waals surface area contributed by atoms with Crippen molar-refractivity contribution < 1.29 is 24.5 Å². The first kappa shape index (κ1) is 62.3. The fourth-order valence-electron chi connectivity index (χ4n) is 8.81. The molecule has 0 aromatic rings. The van der Waals surface area contributed by atoms with Crippen LogP contribution in [0.3, 0.4) is 0 Å². The smallest absolute Gasteiger partial charge is 0.305 e. The van der Waals surface area contributed by atoms with E-state index >= 15 is 0 Å². The van der Waals surface area contributed by atoms with E-state index in [1.807, 2.05) is 6.08 Å². The van der Waals surface area contributed by atoms with Crippen LogP contribution in [0, 0.1) is 0 Å². The molecule has 6 nitrogen and oxygen atoms in total. The molecule has 64 heavy (non-hydrogen) atoms. The molecule has 0 aliphatic rings. The van der Waals surface area contributed by atoms with Crippen molar-refractivity contribution in [1.29, 1.82) is 0 Å². The summed E-state index contributed by atoms with van der Waals surface area (Å²) in [4.78, 5) is 24.5. The summed E-state index contributed by atoms with van der Waals surface area (Å²) in [5.41, 5.74) is 0. The van der Waals surface area contributed by atoms with Gasteiger partial charge < -0.3 is 20.3 Å². The molecule has 3 N–H and O–H groups in total. The van der Waals surface area contributed by atoms with E-state index in [0.29, 0.717) is 19.4 Å². The minimum absolute atomic E-state index is 0.00135. The van der Waals surface area contributed by atoms with E-state index in [1.165, 1.54) is 238 Å². The second-order valence-electron chi connectivity index (χ2n) is 19.6. The minimum atomic E-state index is -0.844. The molecular formula is C58H111NO5. The highest BCUT2D eigenvalue weighted by Gasteiger charge is 2.18. The normalized spacial score (nSPS) is 12.8. The number of amides is 1. The van der Waals surface area contributed by atoms with Crippen molar-refractivity contribution in [1.82, 2.24) is 5.32 Å². The van der Waals surface area contributed by atoms with Gasteiger partial charge in [-0.25, -0.2) is 0 Å². The Morgan fingerprint density at radius 3 is 1.11 bits per heavy atom. The number of aliphatic hydroxyl groups excluding tert-OH is 2. The Kier molecular flexibility index (Phi) is 52.6. The van der Waals surface area contributed by atoms with Gasteiger partial charge in [-0.3, -0.25) is 9.59 Å². The number of carbonyl (C=O) groups is 2. The zero-order chi connectivity index (χ0) is 46.5. The third-order valence-corrected chi connectivity index (χ3v) is 13.2. The van der Waals surface area contributed by atoms with Crippen LogP contribution in [0.4, 0.5) is 0 Å². The van der Waals surface area contributed by atoms with Gasteiger partial charge >= 0.3 is 5.97 Å². The first-order valence-corrected chi connectivity index (χ1v) is 28.6. The maximum absolute atomic E-state index is 12.4. The van der Waals surface area contributed by atoms with Crippen LogP contribution in [0.25, 0.3) is 0 Å². The lowest BCUT2D eigenvalue weighted by Gasteiger charge is -2.20. The van der Waals surface area contributed by atoms with E-state index in [2.05, 4.69) is 31.3 Å². The van der Waals surface area contributed by atoms with E-state index in [0.717, 1.165) is 44.9 Å². The van der Waals surface area contributed by atoms with Crippen LogP contribution >= 0.6 is 0 Å². The number of unbranched alkanes of at least 4 members (excludes halogenated alkanes) is 40. The molecule has 2 unspecified atom stereocenters. The number of ether oxygens (including phenoxy) is 1. The number of aliphatic hydroxyl groups is 2. The van der Waals surface area contributed by atoms with Gasteiger partial charge in [0, 0.05) is 12.8 Å². The molecule has 378 valence electrons. The van der Waals surface area contributed by atoms with Crippen LogP contribution in [0.2, 0.25) is 0 Å². The molecule has 0 saturated heterocycles. The molecule has 0 bridgehead atoms. The van der Waals surface area contributed by atoms with Crippen LogP contribution in [-0.4, -0.2) is 47.4 Å². The number of esters is 1. The Hall–Kier alpha value is -1.66. The topological polar surface area (TPSA) is 95.9 Å². The number of nitrogens with one attached hydrogen (secondary N) is 1. The zero-order valence-electron chi connectivity index (χ0n) is 43.0. The molecule has 1 amide bonds. The van der Waals surface area contributed by atoms with Gasteiger partial charge in [0.15, 0.2) is 0 Å². The molecule has 0 aromatic heterocycles. The summed E-state index contributed by atoms with van der Waals surface area (Å²) < 4.78 is 5.47. The van der Waals surface area contributed by atoms with Gasteiger partial charge in [-0.2, -0.15) is 0 Å². The van der Waals surface area contributed by atoms with Crippen LogP contribution in [0.5, 0.6) is 0 Å². The first-order chi connectivity index (χ1) is 31.5. The Bertz CT molecular complexity index is 997. The molecule has 0 aliphatic carbocycles. The van der Waals surface area contributed by atoms with Crippen molar-refractivity contribution in [2.45, 2.75) is 321 Å². The predicted molar refractivity (Wildman–Crippen MR) is 278 cm³/mol. The fraction of sp³-hybridized carbons (Fsp3) is 0.897. The van der Waals surface area contributed by atoms with Crippen molar-refractivity contribution in [3.05, 3.63) is 24.3 Å². The van der Waals surface area contributed by atoms with Crippen molar-refractivity contribution >= 4 is 11.9 Å². The maximum atomic E-state index is 12.4. The van der Waals surface area contributed by atoms with Crippen LogP contribution in [-0.2, 0) is 14.3 Å². The second-order valence-corrected chi connectivity index (χ2v) is 19.6. The van der Waals surface area contributed by atoms with E-state index in [9.17, 15) is 19.8 Å². The third-order valence-electron chi connectivity index (χ3n) is 13.2. The monoisotopic (exact) mass is 902 g/mol. The molecule has 0 heterocycles. The molecule has 0 rings (SSSR count). The van der Waals surface area contributed by atoms with E-state index in [1.54, 1.807) is 6.08 Å².